The normalized spacial score (nSPS) is 25.8. The van der Waals surface area contributed by atoms with E-state index < -0.39 is 0 Å². The Bertz CT molecular complexity index is 337. The van der Waals surface area contributed by atoms with Gasteiger partial charge in [-0.25, -0.2) is 4.98 Å². The Labute approximate surface area is 103 Å². The summed E-state index contributed by atoms with van der Waals surface area (Å²) in [6, 6.07) is 0.236. The van der Waals surface area contributed by atoms with E-state index in [-0.39, 0.29) is 12.1 Å². The zero-order valence-electron chi connectivity index (χ0n) is 10.6. The van der Waals surface area contributed by atoms with Crippen molar-refractivity contribution in [3.8, 4) is 0 Å². The van der Waals surface area contributed by atoms with E-state index >= 15 is 0 Å². The summed E-state index contributed by atoms with van der Waals surface area (Å²) in [7, 11) is 0. The molecule has 1 fully saturated rings. The number of aromatic nitrogens is 2. The van der Waals surface area contributed by atoms with E-state index in [0.717, 1.165) is 38.2 Å². The molecule has 2 atom stereocenters. The van der Waals surface area contributed by atoms with E-state index in [1.54, 1.807) is 0 Å². The molecule has 96 valence electrons. The summed E-state index contributed by atoms with van der Waals surface area (Å²) >= 11 is 0. The fraction of sp³-hybridized carbons (Fsp3) is 0.769. The van der Waals surface area contributed by atoms with Gasteiger partial charge in [-0.15, -0.1) is 0 Å². The van der Waals surface area contributed by atoms with Gasteiger partial charge >= 0.3 is 0 Å². The van der Waals surface area contributed by atoms with Crippen molar-refractivity contribution < 1.29 is 5.11 Å². The molecule has 0 bridgehead atoms. The van der Waals surface area contributed by atoms with Crippen LogP contribution in [0.2, 0.25) is 0 Å². The zero-order valence-corrected chi connectivity index (χ0v) is 10.6. The Morgan fingerprint density at radius 2 is 2.24 bits per heavy atom. The van der Waals surface area contributed by atoms with E-state index in [0.29, 0.717) is 0 Å². The van der Waals surface area contributed by atoms with Crippen LogP contribution in [0.1, 0.15) is 44.9 Å². The summed E-state index contributed by atoms with van der Waals surface area (Å²) in [6.07, 6.45) is 9.28. The van der Waals surface area contributed by atoms with Gasteiger partial charge in [0, 0.05) is 25.0 Å². The third-order valence-electron chi connectivity index (χ3n) is 3.64. The van der Waals surface area contributed by atoms with Gasteiger partial charge in [-0.3, -0.25) is 0 Å². The standard InChI is InChI=1S/C13H23N3O/c1-2-16-9-8-14-13(16)10-15-11-6-4-3-5-7-12(11)17/h8-9,11-12,15,17H,2-7,10H2,1H3. The maximum absolute atomic E-state index is 10.0. The second-order valence-corrected chi connectivity index (χ2v) is 4.82. The first-order valence-corrected chi connectivity index (χ1v) is 6.72. The number of hydrogen-bond acceptors (Lipinski definition) is 3. The predicted octanol–water partition coefficient (Wildman–Crippen LogP) is 1.69. The predicted molar refractivity (Wildman–Crippen MR) is 67.6 cm³/mol. The van der Waals surface area contributed by atoms with Crippen molar-refractivity contribution in [3.05, 3.63) is 18.2 Å². The van der Waals surface area contributed by atoms with Gasteiger partial charge < -0.3 is 15.0 Å². The highest BCUT2D eigenvalue weighted by molar-refractivity contribution is 4.93. The van der Waals surface area contributed by atoms with Crippen LogP contribution >= 0.6 is 0 Å². The molecule has 1 aromatic rings. The molecule has 0 amide bonds. The summed E-state index contributed by atoms with van der Waals surface area (Å²) in [5.74, 6) is 1.06. The first kappa shape index (κ1) is 12.6. The van der Waals surface area contributed by atoms with E-state index in [4.69, 9.17) is 0 Å². The van der Waals surface area contributed by atoms with Gasteiger partial charge in [0.1, 0.15) is 5.82 Å². The molecular weight excluding hydrogens is 214 g/mol. The van der Waals surface area contributed by atoms with Crippen LogP contribution in [0.4, 0.5) is 0 Å². The van der Waals surface area contributed by atoms with Gasteiger partial charge in [0.2, 0.25) is 0 Å². The number of imidazole rings is 1. The number of hydrogen-bond donors (Lipinski definition) is 2. The van der Waals surface area contributed by atoms with E-state index in [1.165, 1.54) is 12.8 Å². The molecule has 2 unspecified atom stereocenters. The number of nitrogens with one attached hydrogen (secondary N) is 1. The highest BCUT2D eigenvalue weighted by Crippen LogP contribution is 2.18. The van der Waals surface area contributed by atoms with Gasteiger partial charge in [0.05, 0.1) is 12.6 Å². The lowest BCUT2D eigenvalue weighted by molar-refractivity contribution is 0.119. The molecule has 2 rings (SSSR count). The van der Waals surface area contributed by atoms with Crippen molar-refractivity contribution >= 4 is 0 Å². The Kier molecular flexibility index (Phi) is 4.57. The highest BCUT2D eigenvalue weighted by Gasteiger charge is 2.21. The monoisotopic (exact) mass is 237 g/mol. The smallest absolute Gasteiger partial charge is 0.122 e. The lowest BCUT2D eigenvalue weighted by atomic mass is 10.1. The number of rotatable bonds is 4. The maximum Gasteiger partial charge on any atom is 0.122 e. The minimum absolute atomic E-state index is 0.192. The Morgan fingerprint density at radius 3 is 3.06 bits per heavy atom. The molecule has 0 saturated heterocycles. The van der Waals surface area contributed by atoms with Crippen LogP contribution in [0.25, 0.3) is 0 Å². The van der Waals surface area contributed by atoms with Gasteiger partial charge in [-0.2, -0.15) is 0 Å². The average molecular weight is 237 g/mol. The van der Waals surface area contributed by atoms with Crippen LogP contribution in [0.15, 0.2) is 12.4 Å². The first-order valence-electron chi connectivity index (χ1n) is 6.72. The molecule has 0 aliphatic heterocycles. The molecule has 1 saturated carbocycles. The minimum atomic E-state index is -0.192. The van der Waals surface area contributed by atoms with Gasteiger partial charge in [0.15, 0.2) is 0 Å². The van der Waals surface area contributed by atoms with Crippen molar-refractivity contribution in [2.75, 3.05) is 0 Å². The molecule has 0 radical (unpaired) electrons. The maximum atomic E-state index is 10.0. The lowest BCUT2D eigenvalue weighted by Crippen LogP contribution is -2.39. The third kappa shape index (κ3) is 3.30. The molecule has 1 heterocycles. The molecule has 1 aliphatic carbocycles. The Balaban J connectivity index is 1.88. The highest BCUT2D eigenvalue weighted by atomic mass is 16.3. The Hall–Kier alpha value is -0.870. The van der Waals surface area contributed by atoms with E-state index in [1.807, 2.05) is 12.4 Å². The molecule has 4 nitrogen and oxygen atoms in total. The van der Waals surface area contributed by atoms with Crippen molar-refractivity contribution in [2.24, 2.45) is 0 Å². The van der Waals surface area contributed by atoms with Crippen molar-refractivity contribution in [1.29, 1.82) is 0 Å². The number of aliphatic hydroxyl groups excluding tert-OH is 1. The molecule has 4 heteroatoms. The average Bonchev–Trinajstić information content (AvgIpc) is 2.70. The van der Waals surface area contributed by atoms with Crippen LogP contribution in [0, 0.1) is 0 Å². The summed E-state index contributed by atoms with van der Waals surface area (Å²) in [5, 5.41) is 13.5. The quantitative estimate of drug-likeness (QED) is 0.783. The summed E-state index contributed by atoms with van der Waals surface area (Å²) in [5.41, 5.74) is 0. The van der Waals surface area contributed by atoms with Crippen LogP contribution in [0.5, 0.6) is 0 Å². The number of nitrogens with zero attached hydrogens (tertiary/aromatic N) is 2. The molecule has 17 heavy (non-hydrogen) atoms. The molecule has 2 N–H and O–H groups in total. The first-order chi connectivity index (χ1) is 8.31. The Morgan fingerprint density at radius 1 is 1.41 bits per heavy atom. The van der Waals surface area contributed by atoms with E-state index in [2.05, 4.69) is 21.8 Å². The summed E-state index contributed by atoms with van der Waals surface area (Å²) in [6.45, 7) is 3.82. The van der Waals surface area contributed by atoms with Crippen molar-refractivity contribution in [2.45, 2.75) is 64.3 Å². The number of aryl methyl sites for hydroxylation is 1. The van der Waals surface area contributed by atoms with Gasteiger partial charge in [-0.05, 0) is 19.8 Å². The topological polar surface area (TPSA) is 50.1 Å². The largest absolute Gasteiger partial charge is 0.392 e. The molecule has 1 aromatic heterocycles. The second kappa shape index (κ2) is 6.17. The summed E-state index contributed by atoms with van der Waals surface area (Å²) < 4.78 is 2.14. The number of aliphatic hydroxyl groups is 1. The minimum Gasteiger partial charge on any atom is -0.392 e. The van der Waals surface area contributed by atoms with Crippen LogP contribution in [0.3, 0.4) is 0 Å². The fourth-order valence-electron chi connectivity index (χ4n) is 2.54. The zero-order chi connectivity index (χ0) is 12.1. The van der Waals surface area contributed by atoms with E-state index in [9.17, 15) is 5.11 Å². The molecule has 0 aromatic carbocycles. The van der Waals surface area contributed by atoms with Crippen LogP contribution < -0.4 is 5.32 Å². The summed E-state index contributed by atoms with van der Waals surface area (Å²) in [4.78, 5) is 4.34. The molecule has 1 aliphatic rings. The lowest BCUT2D eigenvalue weighted by Gasteiger charge is -2.21. The SMILES string of the molecule is CCn1ccnc1CNC1CCCCCC1O. The fourth-order valence-corrected chi connectivity index (χ4v) is 2.54. The van der Waals surface area contributed by atoms with Gasteiger partial charge in [0.25, 0.3) is 0 Å². The second-order valence-electron chi connectivity index (χ2n) is 4.82. The van der Waals surface area contributed by atoms with Gasteiger partial charge in [-0.1, -0.05) is 19.3 Å². The van der Waals surface area contributed by atoms with Crippen molar-refractivity contribution in [1.82, 2.24) is 14.9 Å². The third-order valence-corrected chi connectivity index (χ3v) is 3.64. The van der Waals surface area contributed by atoms with Crippen LogP contribution in [-0.2, 0) is 13.1 Å². The van der Waals surface area contributed by atoms with Crippen molar-refractivity contribution in [3.63, 3.8) is 0 Å². The molecular formula is C13H23N3O. The van der Waals surface area contributed by atoms with Crippen LogP contribution in [-0.4, -0.2) is 26.8 Å². The molecule has 0 spiro atoms.